The summed E-state index contributed by atoms with van der Waals surface area (Å²) in [5.41, 5.74) is 0.710. The van der Waals surface area contributed by atoms with Crippen molar-refractivity contribution in [2.75, 3.05) is 11.9 Å². The maximum Gasteiger partial charge on any atom is 0.157 e. The van der Waals surface area contributed by atoms with Crippen molar-refractivity contribution in [3.05, 3.63) is 30.3 Å². The van der Waals surface area contributed by atoms with Gasteiger partial charge >= 0.3 is 0 Å². The topological polar surface area (TPSA) is 102 Å². The molecule has 6 nitrogen and oxygen atoms in total. The van der Waals surface area contributed by atoms with E-state index in [4.69, 9.17) is 9.84 Å². The summed E-state index contributed by atoms with van der Waals surface area (Å²) in [7, 11) is 0. The Morgan fingerprint density at radius 2 is 1.67 bits per heavy atom. The zero-order chi connectivity index (χ0) is 13.1. The van der Waals surface area contributed by atoms with Crippen molar-refractivity contribution in [3.63, 3.8) is 0 Å². The predicted molar refractivity (Wildman–Crippen MR) is 63.8 cm³/mol. The Labute approximate surface area is 104 Å². The molecule has 100 valence electrons. The molecule has 6 heteroatoms. The molecule has 0 unspecified atom stereocenters. The second-order valence-corrected chi connectivity index (χ2v) is 4.26. The molecule has 1 fully saturated rings. The van der Waals surface area contributed by atoms with Gasteiger partial charge in [-0.25, -0.2) is 0 Å². The van der Waals surface area contributed by atoms with Crippen LogP contribution in [-0.2, 0) is 4.74 Å². The lowest BCUT2D eigenvalue weighted by atomic mass is 9.98. The molecule has 1 heterocycles. The molecule has 1 aromatic carbocycles. The molecular formula is C12H17NO5. The Hall–Kier alpha value is -1.18. The lowest BCUT2D eigenvalue weighted by molar-refractivity contribution is -0.221. The first-order chi connectivity index (χ1) is 8.63. The van der Waals surface area contributed by atoms with E-state index in [0.717, 1.165) is 0 Å². The molecule has 5 N–H and O–H groups in total. The third kappa shape index (κ3) is 2.63. The van der Waals surface area contributed by atoms with E-state index in [9.17, 15) is 15.3 Å². The zero-order valence-corrected chi connectivity index (χ0v) is 9.68. The molecule has 2 rings (SSSR count). The average molecular weight is 255 g/mol. The summed E-state index contributed by atoms with van der Waals surface area (Å²) in [6.07, 6.45) is -5.76. The first-order valence-corrected chi connectivity index (χ1v) is 5.75. The molecule has 0 amide bonds. The van der Waals surface area contributed by atoms with E-state index in [1.807, 2.05) is 18.2 Å². The largest absolute Gasteiger partial charge is 0.394 e. The molecular weight excluding hydrogens is 238 g/mol. The van der Waals surface area contributed by atoms with Crippen molar-refractivity contribution in [1.82, 2.24) is 0 Å². The summed E-state index contributed by atoms with van der Waals surface area (Å²) in [6.45, 7) is -0.433. The molecule has 1 aromatic rings. The van der Waals surface area contributed by atoms with Gasteiger partial charge in [0.25, 0.3) is 0 Å². The SMILES string of the molecule is OC[C@H]1O[C@@H](Nc2ccccc2)[C@H](O)[C@@H](O)[C@H]1O. The van der Waals surface area contributed by atoms with Crippen molar-refractivity contribution in [2.45, 2.75) is 30.6 Å². The highest BCUT2D eigenvalue weighted by Gasteiger charge is 2.43. The van der Waals surface area contributed by atoms with E-state index >= 15 is 0 Å². The lowest BCUT2D eigenvalue weighted by Crippen LogP contribution is -2.60. The monoisotopic (exact) mass is 255 g/mol. The number of benzene rings is 1. The Bertz CT molecular complexity index is 372. The number of aliphatic hydroxyl groups is 4. The Kier molecular flexibility index (Phi) is 4.15. The van der Waals surface area contributed by atoms with E-state index < -0.39 is 37.3 Å². The Morgan fingerprint density at radius 1 is 1.00 bits per heavy atom. The smallest absolute Gasteiger partial charge is 0.157 e. The van der Waals surface area contributed by atoms with Crippen LogP contribution in [-0.4, -0.2) is 57.7 Å². The van der Waals surface area contributed by atoms with Crippen LogP contribution in [0.2, 0.25) is 0 Å². The number of ether oxygens (including phenoxy) is 1. The van der Waals surface area contributed by atoms with Crippen molar-refractivity contribution in [1.29, 1.82) is 0 Å². The van der Waals surface area contributed by atoms with Crippen LogP contribution in [0.15, 0.2) is 30.3 Å². The fraction of sp³-hybridized carbons (Fsp3) is 0.500. The van der Waals surface area contributed by atoms with Crippen LogP contribution >= 0.6 is 0 Å². The molecule has 0 spiro atoms. The van der Waals surface area contributed by atoms with Gasteiger partial charge in [-0.1, -0.05) is 18.2 Å². The minimum absolute atomic E-state index is 0.433. The van der Waals surface area contributed by atoms with E-state index in [-0.39, 0.29) is 0 Å². The third-order valence-corrected chi connectivity index (χ3v) is 2.97. The van der Waals surface area contributed by atoms with Gasteiger partial charge in [-0.2, -0.15) is 0 Å². The highest BCUT2D eigenvalue weighted by molar-refractivity contribution is 5.43. The molecule has 0 aliphatic carbocycles. The number of nitrogens with one attached hydrogen (secondary N) is 1. The summed E-state index contributed by atoms with van der Waals surface area (Å²) >= 11 is 0. The number of hydrogen-bond acceptors (Lipinski definition) is 6. The van der Waals surface area contributed by atoms with E-state index in [1.54, 1.807) is 12.1 Å². The van der Waals surface area contributed by atoms with E-state index in [2.05, 4.69) is 5.32 Å². The quantitative estimate of drug-likeness (QED) is 0.470. The summed E-state index contributed by atoms with van der Waals surface area (Å²) < 4.78 is 5.31. The first-order valence-electron chi connectivity index (χ1n) is 5.75. The maximum atomic E-state index is 9.80. The summed E-state index contributed by atoms with van der Waals surface area (Å²) in [5.74, 6) is 0. The van der Waals surface area contributed by atoms with Gasteiger partial charge in [-0.15, -0.1) is 0 Å². The van der Waals surface area contributed by atoms with Crippen LogP contribution in [0, 0.1) is 0 Å². The van der Waals surface area contributed by atoms with Crippen LogP contribution in [0.3, 0.4) is 0 Å². The number of anilines is 1. The van der Waals surface area contributed by atoms with Gasteiger partial charge in [0.2, 0.25) is 0 Å². The highest BCUT2D eigenvalue weighted by atomic mass is 16.6. The minimum Gasteiger partial charge on any atom is -0.394 e. The lowest BCUT2D eigenvalue weighted by Gasteiger charge is -2.40. The summed E-state index contributed by atoms with van der Waals surface area (Å²) in [4.78, 5) is 0. The maximum absolute atomic E-state index is 9.80. The van der Waals surface area contributed by atoms with Gasteiger partial charge in [0.1, 0.15) is 24.4 Å². The second-order valence-electron chi connectivity index (χ2n) is 4.26. The van der Waals surface area contributed by atoms with Crippen LogP contribution in [0.5, 0.6) is 0 Å². The Morgan fingerprint density at radius 3 is 2.28 bits per heavy atom. The van der Waals surface area contributed by atoms with E-state index in [0.29, 0.717) is 5.69 Å². The Balaban J connectivity index is 2.08. The van der Waals surface area contributed by atoms with Crippen molar-refractivity contribution >= 4 is 5.69 Å². The number of para-hydroxylation sites is 1. The van der Waals surface area contributed by atoms with Crippen LogP contribution in [0.4, 0.5) is 5.69 Å². The summed E-state index contributed by atoms with van der Waals surface area (Å²) in [6, 6.07) is 9.03. The average Bonchev–Trinajstić information content (AvgIpc) is 2.40. The molecule has 0 radical (unpaired) electrons. The number of hydrogen-bond donors (Lipinski definition) is 5. The molecule has 18 heavy (non-hydrogen) atoms. The van der Waals surface area contributed by atoms with Gasteiger partial charge < -0.3 is 30.5 Å². The molecule has 0 saturated carbocycles. The van der Waals surface area contributed by atoms with Gasteiger partial charge in [-0.05, 0) is 12.1 Å². The van der Waals surface area contributed by atoms with Crippen LogP contribution in [0.1, 0.15) is 0 Å². The molecule has 0 bridgehead atoms. The fourth-order valence-electron chi connectivity index (χ4n) is 1.92. The normalized spacial score (nSPS) is 36.3. The van der Waals surface area contributed by atoms with Crippen molar-refractivity contribution in [3.8, 4) is 0 Å². The molecule has 1 aliphatic heterocycles. The molecule has 1 aliphatic rings. The van der Waals surface area contributed by atoms with Gasteiger partial charge in [0, 0.05) is 5.69 Å². The molecule has 1 saturated heterocycles. The van der Waals surface area contributed by atoms with Crippen LogP contribution < -0.4 is 5.32 Å². The van der Waals surface area contributed by atoms with E-state index in [1.165, 1.54) is 0 Å². The third-order valence-electron chi connectivity index (χ3n) is 2.97. The number of rotatable bonds is 3. The summed E-state index contributed by atoms with van der Waals surface area (Å²) in [5, 5.41) is 41.0. The zero-order valence-electron chi connectivity index (χ0n) is 9.68. The minimum atomic E-state index is -1.36. The van der Waals surface area contributed by atoms with Gasteiger partial charge in [-0.3, -0.25) is 0 Å². The van der Waals surface area contributed by atoms with Gasteiger partial charge in [0.05, 0.1) is 6.61 Å². The van der Waals surface area contributed by atoms with Crippen LogP contribution in [0.25, 0.3) is 0 Å². The molecule has 0 aromatic heterocycles. The first kappa shape index (κ1) is 13.3. The number of aliphatic hydroxyl groups excluding tert-OH is 4. The molecule has 5 atom stereocenters. The standard InChI is InChI=1S/C12H17NO5/c14-6-8-9(15)10(16)11(17)12(18-8)13-7-4-2-1-3-5-7/h1-5,8-17H,6H2/t8-,9+,10+,11-,12-/m1/s1. The fourth-order valence-corrected chi connectivity index (χ4v) is 1.92. The predicted octanol–water partition coefficient (Wildman–Crippen LogP) is -1.10. The van der Waals surface area contributed by atoms with Crippen molar-refractivity contribution in [2.24, 2.45) is 0 Å². The van der Waals surface area contributed by atoms with Crippen molar-refractivity contribution < 1.29 is 25.2 Å². The highest BCUT2D eigenvalue weighted by Crippen LogP contribution is 2.22. The second kappa shape index (κ2) is 5.64. The van der Waals surface area contributed by atoms with Gasteiger partial charge in [0.15, 0.2) is 6.23 Å².